The van der Waals surface area contributed by atoms with E-state index in [0.717, 1.165) is 11.4 Å². The third-order valence-electron chi connectivity index (χ3n) is 3.45. The molecule has 1 fully saturated rings. The lowest BCUT2D eigenvalue weighted by molar-refractivity contribution is 0.625. The Morgan fingerprint density at radius 3 is 2.89 bits per heavy atom. The van der Waals surface area contributed by atoms with Crippen LogP contribution in [0.3, 0.4) is 0 Å². The van der Waals surface area contributed by atoms with Gasteiger partial charge in [0.15, 0.2) is 5.96 Å². The Bertz CT molecular complexity index is 435. The van der Waals surface area contributed by atoms with Crippen molar-refractivity contribution in [2.45, 2.75) is 38.3 Å². The summed E-state index contributed by atoms with van der Waals surface area (Å²) in [5.41, 5.74) is 7.96. The van der Waals surface area contributed by atoms with E-state index in [1.807, 2.05) is 31.1 Å². The average Bonchev–Trinajstić information content (AvgIpc) is 2.89. The number of nitrogens with two attached hydrogens (primary N) is 1. The molecule has 0 amide bonds. The molecule has 0 radical (unpaired) electrons. The molecule has 1 heterocycles. The van der Waals surface area contributed by atoms with Gasteiger partial charge in [-0.25, -0.2) is 4.99 Å². The molecule has 0 aliphatic heterocycles. The van der Waals surface area contributed by atoms with E-state index >= 15 is 0 Å². The van der Waals surface area contributed by atoms with Gasteiger partial charge in [0.25, 0.3) is 0 Å². The van der Waals surface area contributed by atoms with Crippen LogP contribution in [0.15, 0.2) is 23.3 Å². The van der Waals surface area contributed by atoms with Gasteiger partial charge in [0, 0.05) is 26.3 Å². The van der Waals surface area contributed by atoms with Gasteiger partial charge in [-0.2, -0.15) is 0 Å². The minimum atomic E-state index is 0.501. The van der Waals surface area contributed by atoms with Gasteiger partial charge < -0.3 is 16.0 Å². The monoisotopic (exact) mass is 261 g/mol. The first-order chi connectivity index (χ1) is 9.16. The fourth-order valence-corrected chi connectivity index (χ4v) is 2.44. The minimum Gasteiger partial charge on any atom is -0.376 e. The molecular weight excluding hydrogens is 238 g/mol. The zero-order valence-electron chi connectivity index (χ0n) is 11.8. The van der Waals surface area contributed by atoms with Crippen molar-refractivity contribution in [3.8, 4) is 0 Å². The number of aliphatic imine (C=N–C) groups is 1. The quantitative estimate of drug-likeness (QED) is 0.636. The summed E-state index contributed by atoms with van der Waals surface area (Å²) < 4.78 is 0. The number of hydrogen-bond acceptors (Lipinski definition) is 3. The molecule has 5 nitrogen and oxygen atoms in total. The molecule has 1 aliphatic rings. The highest BCUT2D eigenvalue weighted by Gasteiger charge is 2.14. The number of guanidine groups is 1. The summed E-state index contributed by atoms with van der Waals surface area (Å²) in [5, 5.41) is 3.28. The van der Waals surface area contributed by atoms with Crippen LogP contribution >= 0.6 is 0 Å². The maximum absolute atomic E-state index is 5.93. The molecule has 3 N–H and O–H groups in total. The minimum absolute atomic E-state index is 0.501. The first kappa shape index (κ1) is 13.6. The van der Waals surface area contributed by atoms with Crippen LogP contribution in [0.1, 0.15) is 31.4 Å². The highest BCUT2D eigenvalue weighted by atomic mass is 15.1. The maximum atomic E-state index is 5.93. The van der Waals surface area contributed by atoms with Crippen LogP contribution in [0.5, 0.6) is 0 Å². The van der Waals surface area contributed by atoms with Crippen LogP contribution in [0.25, 0.3) is 0 Å². The van der Waals surface area contributed by atoms with Crippen molar-refractivity contribution in [3.05, 3.63) is 24.0 Å². The van der Waals surface area contributed by atoms with E-state index in [4.69, 9.17) is 5.73 Å². The normalized spacial score (nSPS) is 16.6. The summed E-state index contributed by atoms with van der Waals surface area (Å²) in [6.45, 7) is 0.514. The molecule has 0 bridgehead atoms. The number of nitrogens with one attached hydrogen (secondary N) is 1. The molecule has 0 spiro atoms. The lowest BCUT2D eigenvalue weighted by atomic mass is 10.2. The number of hydrogen-bond donors (Lipinski definition) is 2. The van der Waals surface area contributed by atoms with Gasteiger partial charge in [-0.15, -0.1) is 0 Å². The van der Waals surface area contributed by atoms with Crippen LogP contribution in [0.2, 0.25) is 0 Å². The summed E-state index contributed by atoms with van der Waals surface area (Å²) in [5.74, 6) is 0.530. The molecule has 0 saturated heterocycles. The second-order valence-electron chi connectivity index (χ2n) is 5.19. The third-order valence-corrected chi connectivity index (χ3v) is 3.45. The lowest BCUT2D eigenvalue weighted by Crippen LogP contribution is -2.38. The number of nitrogens with zero attached hydrogens (tertiary/aromatic N) is 3. The topological polar surface area (TPSA) is 66.5 Å². The number of anilines is 1. The van der Waals surface area contributed by atoms with Crippen LogP contribution in [-0.2, 0) is 6.54 Å². The molecule has 1 aliphatic carbocycles. The molecule has 19 heavy (non-hydrogen) atoms. The van der Waals surface area contributed by atoms with Crippen molar-refractivity contribution in [2.75, 3.05) is 19.0 Å². The second-order valence-corrected chi connectivity index (χ2v) is 5.19. The molecule has 0 aromatic carbocycles. The SMILES string of the molecule is CN(C)c1cccnc1CN=C(N)NC1CCCC1. The van der Waals surface area contributed by atoms with Crippen LogP contribution in [0, 0.1) is 0 Å². The van der Waals surface area contributed by atoms with E-state index in [-0.39, 0.29) is 0 Å². The number of pyridine rings is 1. The summed E-state index contributed by atoms with van der Waals surface area (Å²) in [4.78, 5) is 10.8. The predicted molar refractivity (Wildman–Crippen MR) is 79.3 cm³/mol. The Hall–Kier alpha value is -1.78. The highest BCUT2D eigenvalue weighted by Crippen LogP contribution is 2.18. The Balaban J connectivity index is 1.96. The van der Waals surface area contributed by atoms with E-state index < -0.39 is 0 Å². The standard InChI is InChI=1S/C14H23N5/c1-19(2)13-8-5-9-16-12(13)10-17-14(15)18-11-6-3-4-7-11/h5,8-9,11H,3-4,6-7,10H2,1-2H3,(H3,15,17,18). The summed E-state index contributed by atoms with van der Waals surface area (Å²) >= 11 is 0. The van der Waals surface area contributed by atoms with Gasteiger partial charge in [0.2, 0.25) is 0 Å². The molecule has 2 rings (SSSR count). The van der Waals surface area contributed by atoms with Crippen LogP contribution in [-0.4, -0.2) is 31.1 Å². The Morgan fingerprint density at radius 2 is 2.21 bits per heavy atom. The smallest absolute Gasteiger partial charge is 0.189 e. The van der Waals surface area contributed by atoms with Crippen LogP contribution in [0.4, 0.5) is 5.69 Å². The predicted octanol–water partition coefficient (Wildman–Crippen LogP) is 1.49. The number of aromatic nitrogens is 1. The van der Waals surface area contributed by atoms with Gasteiger partial charge >= 0.3 is 0 Å². The Labute approximate surface area is 114 Å². The number of rotatable bonds is 4. The largest absolute Gasteiger partial charge is 0.376 e. The summed E-state index contributed by atoms with van der Waals surface area (Å²) in [6.07, 6.45) is 6.76. The molecule has 0 atom stereocenters. The van der Waals surface area contributed by atoms with Crippen LogP contribution < -0.4 is 16.0 Å². The second kappa shape index (κ2) is 6.41. The van der Waals surface area contributed by atoms with Crippen molar-refractivity contribution >= 4 is 11.6 Å². The third kappa shape index (κ3) is 3.84. The van der Waals surface area contributed by atoms with Crippen molar-refractivity contribution in [1.29, 1.82) is 0 Å². The van der Waals surface area contributed by atoms with Crippen molar-refractivity contribution in [1.82, 2.24) is 10.3 Å². The maximum Gasteiger partial charge on any atom is 0.189 e. The molecule has 0 unspecified atom stereocenters. The zero-order chi connectivity index (χ0) is 13.7. The van der Waals surface area contributed by atoms with E-state index in [1.165, 1.54) is 25.7 Å². The average molecular weight is 261 g/mol. The Kier molecular flexibility index (Phi) is 4.60. The highest BCUT2D eigenvalue weighted by molar-refractivity contribution is 5.78. The molecule has 1 saturated carbocycles. The van der Waals surface area contributed by atoms with E-state index in [1.54, 1.807) is 6.20 Å². The summed E-state index contributed by atoms with van der Waals surface area (Å²) in [6, 6.07) is 4.47. The van der Waals surface area contributed by atoms with E-state index in [0.29, 0.717) is 18.5 Å². The van der Waals surface area contributed by atoms with Gasteiger partial charge in [-0.3, -0.25) is 4.98 Å². The van der Waals surface area contributed by atoms with Gasteiger partial charge in [-0.05, 0) is 25.0 Å². The molecule has 1 aromatic rings. The summed E-state index contributed by atoms with van der Waals surface area (Å²) in [7, 11) is 4.01. The first-order valence-corrected chi connectivity index (χ1v) is 6.84. The molecular formula is C14H23N5. The fraction of sp³-hybridized carbons (Fsp3) is 0.571. The van der Waals surface area contributed by atoms with Crippen molar-refractivity contribution in [3.63, 3.8) is 0 Å². The van der Waals surface area contributed by atoms with Gasteiger partial charge in [-0.1, -0.05) is 12.8 Å². The van der Waals surface area contributed by atoms with Gasteiger partial charge in [0.1, 0.15) is 0 Å². The molecule has 1 aromatic heterocycles. The fourth-order valence-electron chi connectivity index (χ4n) is 2.44. The van der Waals surface area contributed by atoms with Crippen molar-refractivity contribution < 1.29 is 0 Å². The molecule has 5 heteroatoms. The van der Waals surface area contributed by atoms with E-state index in [9.17, 15) is 0 Å². The van der Waals surface area contributed by atoms with E-state index in [2.05, 4.69) is 15.3 Å². The first-order valence-electron chi connectivity index (χ1n) is 6.84. The molecule has 104 valence electrons. The van der Waals surface area contributed by atoms with Crippen molar-refractivity contribution in [2.24, 2.45) is 10.7 Å². The van der Waals surface area contributed by atoms with Gasteiger partial charge in [0.05, 0.1) is 17.9 Å². The Morgan fingerprint density at radius 1 is 1.47 bits per heavy atom. The lowest BCUT2D eigenvalue weighted by Gasteiger charge is -2.16. The zero-order valence-corrected chi connectivity index (χ0v) is 11.8.